The zero-order chi connectivity index (χ0) is 16.9. The molecule has 2 aromatic carbocycles. The van der Waals surface area contributed by atoms with Gasteiger partial charge in [-0.25, -0.2) is 4.39 Å². The third kappa shape index (κ3) is 4.10. The molecule has 0 spiro atoms. The first-order chi connectivity index (χ1) is 11.6. The molecule has 2 atom stereocenters. The third-order valence-electron chi connectivity index (χ3n) is 4.50. The van der Waals surface area contributed by atoms with Gasteiger partial charge in [0.2, 0.25) is 0 Å². The van der Waals surface area contributed by atoms with Crippen molar-refractivity contribution in [1.29, 1.82) is 0 Å². The van der Waals surface area contributed by atoms with Crippen molar-refractivity contribution in [3.05, 3.63) is 71.5 Å². The summed E-state index contributed by atoms with van der Waals surface area (Å²) in [5.74, 6) is -0.215. The highest BCUT2D eigenvalue weighted by Gasteiger charge is 2.30. The Kier molecular flexibility index (Phi) is 5.43. The van der Waals surface area contributed by atoms with Gasteiger partial charge in [-0.3, -0.25) is 0 Å². The first-order valence-corrected chi connectivity index (χ1v) is 8.69. The van der Waals surface area contributed by atoms with Gasteiger partial charge in [0.15, 0.2) is 5.11 Å². The molecule has 0 radical (unpaired) electrons. The number of thiocarbonyl (C=S) groups is 1. The van der Waals surface area contributed by atoms with Gasteiger partial charge in [-0.15, -0.1) is 0 Å². The molecule has 2 N–H and O–H groups in total. The molecule has 24 heavy (non-hydrogen) atoms. The van der Waals surface area contributed by atoms with Gasteiger partial charge in [-0.1, -0.05) is 42.5 Å². The van der Waals surface area contributed by atoms with E-state index in [9.17, 15) is 4.39 Å². The van der Waals surface area contributed by atoms with Gasteiger partial charge in [0.05, 0.1) is 20.1 Å². The van der Waals surface area contributed by atoms with Crippen LogP contribution in [-0.4, -0.2) is 36.7 Å². The highest BCUT2D eigenvalue weighted by atomic mass is 32.1. The Hall–Kier alpha value is -1.98. The van der Waals surface area contributed by atoms with E-state index in [0.29, 0.717) is 6.54 Å². The number of hydrogen-bond donors (Lipinski definition) is 2. The zero-order valence-corrected chi connectivity index (χ0v) is 14.7. The summed E-state index contributed by atoms with van der Waals surface area (Å²) in [4.78, 5) is 3.79. The lowest BCUT2D eigenvalue weighted by Crippen LogP contribution is -3.12. The van der Waals surface area contributed by atoms with E-state index in [2.05, 4.69) is 41.5 Å². The van der Waals surface area contributed by atoms with Crippen LogP contribution in [0.5, 0.6) is 0 Å². The number of hydrogen-bond acceptors (Lipinski definition) is 1. The lowest BCUT2D eigenvalue weighted by atomic mass is 10.0. The van der Waals surface area contributed by atoms with E-state index in [1.54, 1.807) is 12.1 Å². The second kappa shape index (κ2) is 7.73. The van der Waals surface area contributed by atoms with E-state index >= 15 is 0 Å². The Morgan fingerprint density at radius 2 is 1.92 bits per heavy atom. The second-order valence-electron chi connectivity index (χ2n) is 6.32. The maximum absolute atomic E-state index is 13.0. The van der Waals surface area contributed by atoms with Crippen LogP contribution in [-0.2, 0) is 6.54 Å². The Balaban J connectivity index is 1.68. The highest BCUT2D eigenvalue weighted by molar-refractivity contribution is 7.80. The predicted octanol–water partition coefficient (Wildman–Crippen LogP) is 1.77. The average molecular weight is 344 g/mol. The Bertz CT molecular complexity index is 675. The minimum Gasteiger partial charge on any atom is -0.358 e. The summed E-state index contributed by atoms with van der Waals surface area (Å²) in [5.41, 5.74) is 2.32. The van der Waals surface area contributed by atoms with Crippen LogP contribution in [0.25, 0.3) is 0 Å². The van der Waals surface area contributed by atoms with Crippen LogP contribution in [0, 0.1) is 5.82 Å². The lowest BCUT2D eigenvalue weighted by molar-refractivity contribution is -0.887. The SMILES string of the molecule is C[NH+]1CCN(C(=S)NCc2ccc(F)cc2)[C@@H](c2ccccc2)C1. The fourth-order valence-corrected chi connectivity index (χ4v) is 3.40. The summed E-state index contributed by atoms with van der Waals surface area (Å²) < 4.78 is 13.0. The van der Waals surface area contributed by atoms with Crippen LogP contribution >= 0.6 is 12.2 Å². The average Bonchev–Trinajstić information content (AvgIpc) is 2.61. The quantitative estimate of drug-likeness (QED) is 0.828. The zero-order valence-electron chi connectivity index (χ0n) is 13.8. The molecule has 2 aromatic rings. The van der Waals surface area contributed by atoms with E-state index in [1.807, 2.05) is 6.07 Å². The number of benzene rings is 2. The molecule has 1 aliphatic rings. The van der Waals surface area contributed by atoms with Gasteiger partial charge in [0.1, 0.15) is 18.4 Å². The maximum atomic E-state index is 13.0. The van der Waals surface area contributed by atoms with E-state index in [-0.39, 0.29) is 11.9 Å². The number of quaternary nitrogens is 1. The summed E-state index contributed by atoms with van der Waals surface area (Å²) in [6.45, 7) is 3.64. The summed E-state index contributed by atoms with van der Waals surface area (Å²) in [6.07, 6.45) is 0. The van der Waals surface area contributed by atoms with E-state index in [1.165, 1.54) is 22.6 Å². The maximum Gasteiger partial charge on any atom is 0.170 e. The normalized spacial score (nSPS) is 20.7. The smallest absolute Gasteiger partial charge is 0.170 e. The minimum atomic E-state index is -0.215. The number of piperazine rings is 1. The van der Waals surface area contributed by atoms with Crippen LogP contribution in [0.3, 0.4) is 0 Å². The van der Waals surface area contributed by atoms with E-state index in [0.717, 1.165) is 30.3 Å². The molecule has 1 saturated heterocycles. The Morgan fingerprint density at radius 3 is 2.62 bits per heavy atom. The van der Waals surface area contributed by atoms with E-state index in [4.69, 9.17) is 12.2 Å². The largest absolute Gasteiger partial charge is 0.358 e. The van der Waals surface area contributed by atoms with Crippen LogP contribution in [0.1, 0.15) is 17.2 Å². The van der Waals surface area contributed by atoms with Crippen molar-refractivity contribution in [2.45, 2.75) is 12.6 Å². The van der Waals surface area contributed by atoms with Crippen LogP contribution in [0.2, 0.25) is 0 Å². The molecule has 3 rings (SSSR count). The molecule has 0 aromatic heterocycles. The predicted molar refractivity (Wildman–Crippen MR) is 98.3 cm³/mol. The summed E-state index contributed by atoms with van der Waals surface area (Å²) in [6, 6.07) is 17.3. The van der Waals surface area contributed by atoms with E-state index < -0.39 is 0 Å². The van der Waals surface area contributed by atoms with Gasteiger partial charge in [0, 0.05) is 6.54 Å². The van der Waals surface area contributed by atoms with Crippen molar-refractivity contribution in [2.24, 2.45) is 0 Å². The van der Waals surface area contributed by atoms with Crippen molar-refractivity contribution in [2.75, 3.05) is 26.7 Å². The number of rotatable bonds is 3. The first kappa shape index (κ1) is 16.9. The molecule has 1 heterocycles. The summed E-state index contributed by atoms with van der Waals surface area (Å²) in [5, 5.41) is 4.09. The topological polar surface area (TPSA) is 19.7 Å². The summed E-state index contributed by atoms with van der Waals surface area (Å²) in [7, 11) is 2.22. The molecule has 0 amide bonds. The molecule has 0 bridgehead atoms. The molecule has 5 heteroatoms. The fourth-order valence-electron chi connectivity index (χ4n) is 3.11. The Labute approximate surface area is 148 Å². The number of nitrogens with one attached hydrogen (secondary N) is 2. The van der Waals surface area contributed by atoms with Gasteiger partial charge in [-0.05, 0) is 35.5 Å². The minimum absolute atomic E-state index is 0.215. The van der Waals surface area contributed by atoms with Crippen LogP contribution < -0.4 is 10.2 Å². The highest BCUT2D eigenvalue weighted by Crippen LogP contribution is 2.20. The molecule has 1 unspecified atom stereocenters. The van der Waals surface area contributed by atoms with Crippen LogP contribution in [0.15, 0.2) is 54.6 Å². The standard InChI is InChI=1S/C19H22FN3S/c1-22-11-12-23(18(14-22)16-5-3-2-4-6-16)19(24)21-13-15-7-9-17(20)10-8-15/h2-10,18H,11-14H2,1H3,(H,21,24)/p+1/t18-/m1/s1. The van der Waals surface area contributed by atoms with Crippen molar-refractivity contribution >= 4 is 17.3 Å². The third-order valence-corrected chi connectivity index (χ3v) is 4.88. The molecule has 3 nitrogen and oxygen atoms in total. The molecule has 126 valence electrons. The lowest BCUT2D eigenvalue weighted by Gasteiger charge is -2.39. The van der Waals surface area contributed by atoms with Gasteiger partial charge in [-0.2, -0.15) is 0 Å². The molecule has 1 fully saturated rings. The number of likely N-dealkylation sites (N-methyl/N-ethyl adjacent to an activating group) is 1. The molecule has 1 aliphatic heterocycles. The Morgan fingerprint density at radius 1 is 1.21 bits per heavy atom. The van der Waals surface area contributed by atoms with Crippen molar-refractivity contribution in [1.82, 2.24) is 10.2 Å². The van der Waals surface area contributed by atoms with Gasteiger partial charge in [0.25, 0.3) is 0 Å². The second-order valence-corrected chi connectivity index (χ2v) is 6.70. The molecule has 0 aliphatic carbocycles. The molecular formula is C19H23FN3S+. The van der Waals surface area contributed by atoms with Crippen molar-refractivity contribution in [3.63, 3.8) is 0 Å². The monoisotopic (exact) mass is 344 g/mol. The number of nitrogens with zero attached hydrogens (tertiary/aromatic N) is 1. The van der Waals surface area contributed by atoms with Crippen molar-refractivity contribution in [3.8, 4) is 0 Å². The first-order valence-electron chi connectivity index (χ1n) is 8.28. The van der Waals surface area contributed by atoms with Crippen LogP contribution in [0.4, 0.5) is 4.39 Å². The van der Waals surface area contributed by atoms with Gasteiger partial charge < -0.3 is 15.1 Å². The molecular weight excluding hydrogens is 321 g/mol. The van der Waals surface area contributed by atoms with Crippen molar-refractivity contribution < 1.29 is 9.29 Å². The fraction of sp³-hybridized carbons (Fsp3) is 0.316. The molecule has 0 saturated carbocycles. The van der Waals surface area contributed by atoms with Gasteiger partial charge >= 0.3 is 0 Å². The number of halogens is 1. The summed E-state index contributed by atoms with van der Waals surface area (Å²) >= 11 is 5.65.